The maximum absolute atomic E-state index is 12.9. The Morgan fingerprint density at radius 1 is 1.04 bits per heavy atom. The van der Waals surface area contributed by atoms with E-state index in [4.69, 9.17) is 0 Å². The number of hydrogen-bond acceptors (Lipinski definition) is 3. The molecule has 26 heavy (non-hydrogen) atoms. The molecular weight excluding hydrogens is 346 g/mol. The first-order valence-electron chi connectivity index (χ1n) is 9.46. The highest BCUT2D eigenvalue weighted by atomic mass is 32.2. The Labute approximate surface area is 157 Å². The average molecular weight is 372 g/mol. The standard InChI is InChI=1S/C20H25N3O2S/c1-13-8-10-14(11-9-13)18-17-19(21-16(24)12-26-18)23(22-20(17)25)15-6-4-2-3-5-7-15/h8-11,15,18H,2-7,12H2,1H3,(H,21,24)(H,22,25)/t18-/m0/s1. The topological polar surface area (TPSA) is 66.9 Å². The summed E-state index contributed by atoms with van der Waals surface area (Å²) >= 11 is 1.53. The molecule has 138 valence electrons. The van der Waals surface area contributed by atoms with E-state index in [9.17, 15) is 9.59 Å². The molecule has 1 saturated carbocycles. The highest BCUT2D eigenvalue weighted by molar-refractivity contribution is 8.00. The lowest BCUT2D eigenvalue weighted by Crippen LogP contribution is -2.19. The van der Waals surface area contributed by atoms with Gasteiger partial charge in [0.1, 0.15) is 5.82 Å². The number of aryl methyl sites for hydroxylation is 1. The normalized spacial score (nSPS) is 21.6. The molecule has 2 N–H and O–H groups in total. The summed E-state index contributed by atoms with van der Waals surface area (Å²) in [5.74, 6) is 1.01. The molecule has 0 radical (unpaired) electrons. The Bertz CT molecular complexity index is 845. The van der Waals surface area contributed by atoms with Gasteiger partial charge in [0.2, 0.25) is 5.91 Å². The van der Waals surface area contributed by atoms with E-state index in [0.29, 0.717) is 17.1 Å². The number of thioether (sulfide) groups is 1. The molecule has 0 saturated heterocycles. The van der Waals surface area contributed by atoms with Crippen LogP contribution in [-0.4, -0.2) is 21.4 Å². The Kier molecular flexibility index (Phi) is 4.94. The quantitative estimate of drug-likeness (QED) is 0.779. The van der Waals surface area contributed by atoms with E-state index in [-0.39, 0.29) is 22.8 Å². The maximum atomic E-state index is 12.9. The van der Waals surface area contributed by atoms with Crippen LogP contribution in [0, 0.1) is 6.92 Å². The predicted octanol–water partition coefficient (Wildman–Crippen LogP) is 4.15. The van der Waals surface area contributed by atoms with Gasteiger partial charge >= 0.3 is 0 Å². The Morgan fingerprint density at radius 3 is 2.42 bits per heavy atom. The third-order valence-electron chi connectivity index (χ3n) is 5.43. The summed E-state index contributed by atoms with van der Waals surface area (Å²) in [6.45, 7) is 2.05. The van der Waals surface area contributed by atoms with Crippen molar-refractivity contribution in [3.05, 3.63) is 51.3 Å². The number of anilines is 1. The first kappa shape index (κ1) is 17.5. The molecule has 1 aromatic carbocycles. The van der Waals surface area contributed by atoms with Crippen LogP contribution >= 0.6 is 11.8 Å². The van der Waals surface area contributed by atoms with E-state index in [1.54, 1.807) is 0 Å². The number of aromatic amines is 1. The Balaban J connectivity index is 1.79. The number of nitrogens with one attached hydrogen (secondary N) is 2. The van der Waals surface area contributed by atoms with E-state index >= 15 is 0 Å². The van der Waals surface area contributed by atoms with Crippen LogP contribution in [0.15, 0.2) is 29.1 Å². The van der Waals surface area contributed by atoms with Crippen molar-refractivity contribution in [3.8, 4) is 0 Å². The molecule has 1 atom stereocenters. The van der Waals surface area contributed by atoms with Crippen LogP contribution in [0.1, 0.15) is 66.5 Å². The van der Waals surface area contributed by atoms with Crippen molar-refractivity contribution in [3.63, 3.8) is 0 Å². The number of carbonyl (C=O) groups is 1. The van der Waals surface area contributed by atoms with Crippen molar-refractivity contribution in [1.82, 2.24) is 9.78 Å². The number of H-pyrrole nitrogens is 1. The largest absolute Gasteiger partial charge is 0.310 e. The molecule has 1 aromatic heterocycles. The van der Waals surface area contributed by atoms with E-state index < -0.39 is 0 Å². The highest BCUT2D eigenvalue weighted by Crippen LogP contribution is 2.41. The molecule has 4 rings (SSSR count). The van der Waals surface area contributed by atoms with Crippen molar-refractivity contribution < 1.29 is 4.79 Å². The summed E-state index contributed by atoms with van der Waals surface area (Å²) in [5.41, 5.74) is 2.87. The molecule has 5 nitrogen and oxygen atoms in total. The fourth-order valence-electron chi connectivity index (χ4n) is 4.04. The van der Waals surface area contributed by atoms with Gasteiger partial charge in [0.25, 0.3) is 5.56 Å². The molecule has 1 aliphatic carbocycles. The lowest BCUT2D eigenvalue weighted by molar-refractivity contribution is -0.113. The number of fused-ring (bicyclic) bond motifs is 1. The van der Waals surface area contributed by atoms with Gasteiger partial charge in [-0.05, 0) is 25.3 Å². The van der Waals surface area contributed by atoms with Crippen LogP contribution in [0.2, 0.25) is 0 Å². The van der Waals surface area contributed by atoms with Crippen LogP contribution in [0.4, 0.5) is 5.82 Å². The second-order valence-electron chi connectivity index (χ2n) is 7.37. The van der Waals surface area contributed by atoms with Gasteiger partial charge in [0.05, 0.1) is 22.6 Å². The van der Waals surface area contributed by atoms with E-state index in [0.717, 1.165) is 18.4 Å². The molecule has 0 unspecified atom stereocenters. The fourth-order valence-corrected chi connectivity index (χ4v) is 5.16. The number of carbonyl (C=O) groups excluding carboxylic acids is 1. The summed E-state index contributed by atoms with van der Waals surface area (Å²) in [5, 5.41) is 5.93. The van der Waals surface area contributed by atoms with Crippen LogP contribution in [-0.2, 0) is 4.79 Å². The molecule has 2 aliphatic rings. The van der Waals surface area contributed by atoms with Crippen molar-refractivity contribution in [2.45, 2.75) is 56.7 Å². The maximum Gasteiger partial charge on any atom is 0.270 e. The molecule has 1 fully saturated rings. The van der Waals surface area contributed by atoms with Crippen molar-refractivity contribution >= 4 is 23.5 Å². The summed E-state index contributed by atoms with van der Waals surface area (Å²) in [4.78, 5) is 25.2. The monoisotopic (exact) mass is 371 g/mol. The van der Waals surface area contributed by atoms with E-state index in [1.165, 1.54) is 43.0 Å². The third-order valence-corrected chi connectivity index (χ3v) is 6.70. The van der Waals surface area contributed by atoms with Gasteiger partial charge in [-0.1, -0.05) is 55.5 Å². The molecular formula is C20H25N3O2S. The van der Waals surface area contributed by atoms with Crippen molar-refractivity contribution in [2.24, 2.45) is 0 Å². The molecule has 2 heterocycles. The smallest absolute Gasteiger partial charge is 0.270 e. The zero-order chi connectivity index (χ0) is 18.1. The first-order valence-corrected chi connectivity index (χ1v) is 10.5. The Hall–Kier alpha value is -1.95. The summed E-state index contributed by atoms with van der Waals surface area (Å²) in [7, 11) is 0. The Morgan fingerprint density at radius 2 is 1.73 bits per heavy atom. The van der Waals surface area contributed by atoms with Crippen LogP contribution in [0.3, 0.4) is 0 Å². The molecule has 0 spiro atoms. The van der Waals surface area contributed by atoms with Crippen LogP contribution < -0.4 is 10.9 Å². The lowest BCUT2D eigenvalue weighted by atomic mass is 10.0. The van der Waals surface area contributed by atoms with Gasteiger partial charge in [-0.3, -0.25) is 19.4 Å². The van der Waals surface area contributed by atoms with E-state index in [2.05, 4.69) is 41.6 Å². The van der Waals surface area contributed by atoms with Gasteiger partial charge in [0.15, 0.2) is 0 Å². The number of hydrogen-bond donors (Lipinski definition) is 2. The third kappa shape index (κ3) is 3.34. The molecule has 1 amide bonds. The van der Waals surface area contributed by atoms with Crippen LogP contribution in [0.5, 0.6) is 0 Å². The molecule has 6 heteroatoms. The highest BCUT2D eigenvalue weighted by Gasteiger charge is 2.32. The number of aromatic nitrogens is 2. The van der Waals surface area contributed by atoms with Crippen LogP contribution in [0.25, 0.3) is 0 Å². The number of benzene rings is 1. The zero-order valence-corrected chi connectivity index (χ0v) is 15.9. The van der Waals surface area contributed by atoms with Gasteiger partial charge in [-0.15, -0.1) is 11.8 Å². The molecule has 1 aliphatic heterocycles. The van der Waals surface area contributed by atoms with Gasteiger partial charge in [0, 0.05) is 0 Å². The minimum atomic E-state index is -0.125. The lowest BCUT2D eigenvalue weighted by Gasteiger charge is -2.19. The zero-order valence-electron chi connectivity index (χ0n) is 15.1. The summed E-state index contributed by atoms with van der Waals surface area (Å²) < 4.78 is 1.95. The number of amides is 1. The van der Waals surface area contributed by atoms with Gasteiger partial charge in [-0.25, -0.2) is 0 Å². The van der Waals surface area contributed by atoms with Crippen molar-refractivity contribution in [1.29, 1.82) is 0 Å². The number of nitrogens with zero attached hydrogens (tertiary/aromatic N) is 1. The molecule has 0 bridgehead atoms. The SMILES string of the molecule is Cc1ccc([C@@H]2SCC(=O)Nc3c2c(=O)[nH]n3C2CCCCCC2)cc1. The minimum absolute atomic E-state index is 0.0350. The predicted molar refractivity (Wildman–Crippen MR) is 106 cm³/mol. The molecule has 2 aromatic rings. The first-order chi connectivity index (χ1) is 12.6. The minimum Gasteiger partial charge on any atom is -0.310 e. The van der Waals surface area contributed by atoms with Gasteiger partial charge < -0.3 is 5.32 Å². The summed E-state index contributed by atoms with van der Waals surface area (Å²) in [6, 6.07) is 8.51. The van der Waals surface area contributed by atoms with Crippen molar-refractivity contribution in [2.75, 3.05) is 11.1 Å². The van der Waals surface area contributed by atoms with Gasteiger partial charge in [-0.2, -0.15) is 0 Å². The van der Waals surface area contributed by atoms with E-state index in [1.807, 2.05) is 4.68 Å². The second-order valence-corrected chi connectivity index (χ2v) is 8.46. The average Bonchev–Trinajstić information content (AvgIpc) is 2.83. The number of rotatable bonds is 2. The second kappa shape index (κ2) is 7.35. The fraction of sp³-hybridized carbons (Fsp3) is 0.500. The summed E-state index contributed by atoms with van der Waals surface area (Å²) in [6.07, 6.45) is 6.94.